The summed E-state index contributed by atoms with van der Waals surface area (Å²) in [6.07, 6.45) is -0.547. The number of carbonyl (C=O) groups excluding carboxylic acids is 2. The molecule has 1 aromatic carbocycles. The van der Waals surface area contributed by atoms with E-state index in [0.29, 0.717) is 6.42 Å². The van der Waals surface area contributed by atoms with Gasteiger partial charge < -0.3 is 20.2 Å². The standard InChI is InChI=1S/C17H15N5O7/c1-2-12-17(24)20(16-13(29-12)6-7-14(19-16)22(27)28)9-15(23)18-10-4-3-5-11(8-10)21(25)26/h3-8,12H,2,9H2,1H3,(H,18,23). The summed E-state index contributed by atoms with van der Waals surface area (Å²) in [6, 6.07) is 7.76. The van der Waals surface area contributed by atoms with Crippen molar-refractivity contribution in [1.29, 1.82) is 0 Å². The van der Waals surface area contributed by atoms with Crippen LogP contribution in [-0.2, 0) is 9.59 Å². The largest absolute Gasteiger partial charge is 0.474 e. The minimum Gasteiger partial charge on any atom is -0.474 e. The zero-order chi connectivity index (χ0) is 21.1. The highest BCUT2D eigenvalue weighted by atomic mass is 16.6. The van der Waals surface area contributed by atoms with Crippen molar-refractivity contribution in [3.8, 4) is 5.75 Å². The molecule has 0 saturated carbocycles. The van der Waals surface area contributed by atoms with Gasteiger partial charge in [-0.05, 0) is 28.5 Å². The number of nitro benzene ring substituents is 1. The highest BCUT2D eigenvalue weighted by molar-refractivity contribution is 6.05. The maximum atomic E-state index is 12.7. The van der Waals surface area contributed by atoms with E-state index < -0.39 is 40.1 Å². The first kappa shape index (κ1) is 19.7. The molecule has 1 atom stereocenters. The highest BCUT2D eigenvalue weighted by Crippen LogP contribution is 2.34. The molecule has 150 valence electrons. The number of amides is 2. The lowest BCUT2D eigenvalue weighted by atomic mass is 10.2. The second-order valence-electron chi connectivity index (χ2n) is 6.04. The number of ether oxygens (including phenoxy) is 1. The van der Waals surface area contributed by atoms with Gasteiger partial charge in [-0.1, -0.05) is 13.0 Å². The molecule has 2 amide bonds. The quantitative estimate of drug-likeness (QED) is 0.569. The van der Waals surface area contributed by atoms with E-state index in [4.69, 9.17) is 4.74 Å². The normalized spacial score (nSPS) is 15.3. The van der Waals surface area contributed by atoms with Crippen molar-refractivity contribution in [3.05, 3.63) is 56.6 Å². The molecule has 0 saturated heterocycles. The average Bonchev–Trinajstić information content (AvgIpc) is 2.69. The lowest BCUT2D eigenvalue weighted by Crippen LogP contribution is -2.49. The van der Waals surface area contributed by atoms with Crippen LogP contribution in [0.2, 0.25) is 0 Å². The summed E-state index contributed by atoms with van der Waals surface area (Å²) in [5.74, 6) is -1.72. The number of anilines is 2. The van der Waals surface area contributed by atoms with Crippen LogP contribution < -0.4 is 15.0 Å². The fourth-order valence-corrected chi connectivity index (χ4v) is 2.75. The molecule has 1 unspecified atom stereocenters. The molecule has 0 radical (unpaired) electrons. The van der Waals surface area contributed by atoms with E-state index in [1.807, 2.05) is 0 Å². The molecule has 1 aliphatic rings. The number of hydrogen-bond donors (Lipinski definition) is 1. The first-order chi connectivity index (χ1) is 13.8. The molecule has 1 N–H and O–H groups in total. The van der Waals surface area contributed by atoms with Crippen LogP contribution in [0.1, 0.15) is 13.3 Å². The Morgan fingerprint density at radius 2 is 2.00 bits per heavy atom. The number of pyridine rings is 1. The van der Waals surface area contributed by atoms with Gasteiger partial charge in [0.05, 0.1) is 4.92 Å². The van der Waals surface area contributed by atoms with Crippen LogP contribution in [0.3, 0.4) is 0 Å². The molecule has 1 aromatic heterocycles. The van der Waals surface area contributed by atoms with Gasteiger partial charge in [-0.3, -0.25) is 24.6 Å². The van der Waals surface area contributed by atoms with Crippen molar-refractivity contribution >= 4 is 34.8 Å². The van der Waals surface area contributed by atoms with E-state index in [9.17, 15) is 29.8 Å². The molecule has 0 bridgehead atoms. The van der Waals surface area contributed by atoms with Gasteiger partial charge in [0, 0.05) is 23.9 Å². The molecule has 2 aromatic rings. The van der Waals surface area contributed by atoms with E-state index >= 15 is 0 Å². The zero-order valence-corrected chi connectivity index (χ0v) is 15.1. The topological polar surface area (TPSA) is 158 Å². The molecule has 0 fully saturated rings. The third kappa shape index (κ3) is 4.10. The molecule has 0 aliphatic carbocycles. The molecule has 12 heteroatoms. The van der Waals surface area contributed by atoms with E-state index in [2.05, 4.69) is 10.3 Å². The number of hydrogen-bond acceptors (Lipinski definition) is 8. The van der Waals surface area contributed by atoms with Gasteiger partial charge in [-0.15, -0.1) is 0 Å². The summed E-state index contributed by atoms with van der Waals surface area (Å²) in [5, 5.41) is 24.3. The fourth-order valence-electron chi connectivity index (χ4n) is 2.75. The van der Waals surface area contributed by atoms with Crippen molar-refractivity contribution in [1.82, 2.24) is 4.98 Å². The van der Waals surface area contributed by atoms with Crippen molar-refractivity contribution in [3.63, 3.8) is 0 Å². The van der Waals surface area contributed by atoms with Crippen molar-refractivity contribution < 1.29 is 24.2 Å². The van der Waals surface area contributed by atoms with E-state index in [0.717, 1.165) is 11.0 Å². The van der Waals surface area contributed by atoms with Crippen LogP contribution in [0.5, 0.6) is 5.75 Å². The van der Waals surface area contributed by atoms with Gasteiger partial charge in [0.25, 0.3) is 17.4 Å². The summed E-state index contributed by atoms with van der Waals surface area (Å²) >= 11 is 0. The Bertz CT molecular complexity index is 1010. The predicted octanol–water partition coefficient (Wildman–Crippen LogP) is 2.04. The summed E-state index contributed by atoms with van der Waals surface area (Å²) < 4.78 is 5.52. The van der Waals surface area contributed by atoms with Crippen LogP contribution >= 0.6 is 0 Å². The Kier molecular flexibility index (Phi) is 5.34. The van der Waals surface area contributed by atoms with Crippen LogP contribution in [-0.4, -0.2) is 39.3 Å². The summed E-state index contributed by atoms with van der Waals surface area (Å²) in [4.78, 5) is 50.5. The Balaban J connectivity index is 1.86. The Labute approximate surface area is 163 Å². The van der Waals surface area contributed by atoms with Crippen LogP contribution in [0.4, 0.5) is 23.0 Å². The van der Waals surface area contributed by atoms with Crippen LogP contribution in [0, 0.1) is 20.2 Å². The van der Waals surface area contributed by atoms with E-state index in [1.165, 1.54) is 30.3 Å². The van der Waals surface area contributed by atoms with Crippen molar-refractivity contribution in [2.45, 2.75) is 19.4 Å². The lowest BCUT2D eigenvalue weighted by Gasteiger charge is -2.30. The molecular weight excluding hydrogens is 386 g/mol. The smallest absolute Gasteiger partial charge is 0.366 e. The monoisotopic (exact) mass is 401 g/mol. The van der Waals surface area contributed by atoms with Crippen molar-refractivity contribution in [2.24, 2.45) is 0 Å². The molecule has 12 nitrogen and oxygen atoms in total. The molecular formula is C17H15N5O7. The molecule has 29 heavy (non-hydrogen) atoms. The summed E-state index contributed by atoms with van der Waals surface area (Å²) in [5.41, 5.74) is -0.0388. The summed E-state index contributed by atoms with van der Waals surface area (Å²) in [6.45, 7) is 1.22. The minimum atomic E-state index is -0.864. The number of aromatic nitrogens is 1. The molecule has 3 rings (SSSR count). The third-order valence-electron chi connectivity index (χ3n) is 4.09. The molecule has 1 aliphatic heterocycles. The number of nitrogens with zero attached hydrogens (tertiary/aromatic N) is 4. The van der Waals surface area contributed by atoms with Gasteiger partial charge in [0.15, 0.2) is 11.9 Å². The predicted molar refractivity (Wildman–Crippen MR) is 99.7 cm³/mol. The second kappa shape index (κ2) is 7.88. The van der Waals surface area contributed by atoms with Gasteiger partial charge >= 0.3 is 5.82 Å². The van der Waals surface area contributed by atoms with Gasteiger partial charge in [0.2, 0.25) is 5.91 Å². The van der Waals surface area contributed by atoms with E-state index in [-0.39, 0.29) is 22.9 Å². The SMILES string of the molecule is CCC1Oc2ccc([N+](=O)[O-])nc2N(CC(=O)Nc2cccc([N+](=O)[O-])c2)C1=O. The highest BCUT2D eigenvalue weighted by Gasteiger charge is 2.39. The first-order valence-corrected chi connectivity index (χ1v) is 8.48. The Morgan fingerprint density at radius 1 is 1.24 bits per heavy atom. The Morgan fingerprint density at radius 3 is 2.66 bits per heavy atom. The number of fused-ring (bicyclic) bond motifs is 1. The Hall–Kier alpha value is -4.09. The fraction of sp³-hybridized carbons (Fsp3) is 0.235. The lowest BCUT2D eigenvalue weighted by molar-refractivity contribution is -0.389. The van der Waals surface area contributed by atoms with Crippen molar-refractivity contribution in [2.75, 3.05) is 16.8 Å². The molecule has 0 spiro atoms. The minimum absolute atomic E-state index is 0.136. The number of rotatable bonds is 6. The van der Waals surface area contributed by atoms with Gasteiger partial charge in [-0.25, -0.2) is 0 Å². The maximum absolute atomic E-state index is 12.7. The molecule has 2 heterocycles. The number of nitrogens with one attached hydrogen (secondary N) is 1. The third-order valence-corrected chi connectivity index (χ3v) is 4.09. The van der Waals surface area contributed by atoms with Crippen LogP contribution in [0.15, 0.2) is 36.4 Å². The van der Waals surface area contributed by atoms with E-state index in [1.54, 1.807) is 6.92 Å². The van der Waals surface area contributed by atoms with Gasteiger partial charge in [-0.2, -0.15) is 0 Å². The first-order valence-electron chi connectivity index (χ1n) is 8.48. The van der Waals surface area contributed by atoms with Crippen LogP contribution in [0.25, 0.3) is 0 Å². The number of benzene rings is 1. The zero-order valence-electron chi connectivity index (χ0n) is 15.1. The van der Waals surface area contributed by atoms with Gasteiger partial charge in [0.1, 0.15) is 6.54 Å². The summed E-state index contributed by atoms with van der Waals surface area (Å²) in [7, 11) is 0. The number of nitro groups is 2. The average molecular weight is 401 g/mol. The number of non-ortho nitro benzene ring substituents is 1. The number of carbonyl (C=O) groups is 2. The maximum Gasteiger partial charge on any atom is 0.366 e. The second-order valence-corrected chi connectivity index (χ2v) is 6.04.